The highest BCUT2D eigenvalue weighted by Crippen LogP contribution is 2.11. The molecule has 0 N–H and O–H groups in total. The molecule has 2 rings (SSSR count). The quantitative estimate of drug-likeness (QED) is 0.758. The largest absolute Gasteiger partial charge is 0.294 e. The number of carbonyl (C=O) groups excluding carboxylic acids is 1. The van der Waals surface area contributed by atoms with Gasteiger partial charge in [0.15, 0.2) is 5.78 Å². The van der Waals surface area contributed by atoms with Gasteiger partial charge in [-0.05, 0) is 23.6 Å². The second-order valence-corrected chi connectivity index (χ2v) is 4.66. The van der Waals surface area contributed by atoms with Crippen molar-refractivity contribution >= 4 is 5.78 Å². The van der Waals surface area contributed by atoms with Crippen LogP contribution < -0.4 is 0 Å². The fourth-order valence-corrected chi connectivity index (χ4v) is 1.99. The lowest BCUT2D eigenvalue weighted by Gasteiger charge is -2.04. The van der Waals surface area contributed by atoms with Crippen molar-refractivity contribution in [1.29, 1.82) is 0 Å². The summed E-state index contributed by atoms with van der Waals surface area (Å²) < 4.78 is 0. The molecule has 0 aliphatic carbocycles. The first-order valence-corrected chi connectivity index (χ1v) is 6.79. The summed E-state index contributed by atoms with van der Waals surface area (Å²) in [4.78, 5) is 16.0. The van der Waals surface area contributed by atoms with Crippen LogP contribution in [0.3, 0.4) is 0 Å². The van der Waals surface area contributed by atoms with E-state index in [9.17, 15) is 4.79 Å². The molecule has 0 saturated heterocycles. The maximum atomic E-state index is 11.5. The van der Waals surface area contributed by atoms with Crippen molar-refractivity contribution in [3.05, 3.63) is 65.0 Å². The van der Waals surface area contributed by atoms with E-state index in [-0.39, 0.29) is 5.78 Å². The number of benzene rings is 1. The molecule has 0 spiro atoms. The minimum Gasteiger partial charge on any atom is -0.294 e. The molecule has 0 aliphatic rings. The lowest BCUT2D eigenvalue weighted by atomic mass is 10.0. The average molecular weight is 253 g/mol. The van der Waals surface area contributed by atoms with E-state index in [0.29, 0.717) is 6.42 Å². The molecular formula is C17H19NO. The van der Waals surface area contributed by atoms with E-state index in [2.05, 4.69) is 24.0 Å². The number of aromatic nitrogens is 1. The number of rotatable bonds is 5. The van der Waals surface area contributed by atoms with Gasteiger partial charge in [-0.1, -0.05) is 44.2 Å². The zero-order chi connectivity index (χ0) is 13.7. The number of Topliss-reactive ketones (excluding diaryl/α,β-unsaturated/α-hetero) is 1. The van der Waals surface area contributed by atoms with Crippen molar-refractivity contribution in [2.75, 3.05) is 0 Å². The zero-order valence-electron chi connectivity index (χ0n) is 11.5. The summed E-state index contributed by atoms with van der Waals surface area (Å²) in [5.74, 6) is 0.192. The predicted octanol–water partition coefficient (Wildman–Crippen LogP) is 3.83. The van der Waals surface area contributed by atoms with E-state index in [0.717, 1.165) is 24.1 Å². The molecule has 19 heavy (non-hydrogen) atoms. The smallest absolute Gasteiger partial charge is 0.162 e. The molecule has 0 unspecified atom stereocenters. The van der Waals surface area contributed by atoms with Gasteiger partial charge < -0.3 is 0 Å². The van der Waals surface area contributed by atoms with Gasteiger partial charge in [0.1, 0.15) is 0 Å². The number of aryl methyl sites for hydroxylation is 1. The summed E-state index contributed by atoms with van der Waals surface area (Å²) in [5.41, 5.74) is 4.30. The third-order valence-electron chi connectivity index (χ3n) is 3.28. The Morgan fingerprint density at radius 2 is 1.68 bits per heavy atom. The van der Waals surface area contributed by atoms with Crippen LogP contribution in [0, 0.1) is 0 Å². The fraction of sp³-hybridized carbons (Fsp3) is 0.294. The Kier molecular flexibility index (Phi) is 4.45. The molecule has 1 aromatic carbocycles. The number of hydrogen-bond acceptors (Lipinski definition) is 2. The molecular weight excluding hydrogens is 234 g/mol. The second kappa shape index (κ2) is 6.28. The van der Waals surface area contributed by atoms with Crippen LogP contribution in [0.1, 0.15) is 47.4 Å². The van der Waals surface area contributed by atoms with Crippen molar-refractivity contribution in [1.82, 2.24) is 4.98 Å². The van der Waals surface area contributed by atoms with E-state index >= 15 is 0 Å². The standard InChI is InChI=1S/C17H19NO/c1-3-13-7-10-16(18-12-13)11-14-5-8-15(9-6-14)17(19)4-2/h5-10,12H,3-4,11H2,1-2H3. The van der Waals surface area contributed by atoms with Crippen LogP contribution in [0.15, 0.2) is 42.6 Å². The SMILES string of the molecule is CCC(=O)c1ccc(Cc2ccc(CC)cn2)cc1. The second-order valence-electron chi connectivity index (χ2n) is 4.66. The average Bonchev–Trinajstić information content (AvgIpc) is 2.48. The van der Waals surface area contributed by atoms with Gasteiger partial charge >= 0.3 is 0 Å². The van der Waals surface area contributed by atoms with Gasteiger partial charge in [0.05, 0.1) is 0 Å². The molecule has 0 amide bonds. The van der Waals surface area contributed by atoms with Crippen molar-refractivity contribution in [2.45, 2.75) is 33.1 Å². The molecule has 0 fully saturated rings. The Morgan fingerprint density at radius 3 is 2.21 bits per heavy atom. The van der Waals surface area contributed by atoms with Gasteiger partial charge in [-0.15, -0.1) is 0 Å². The van der Waals surface area contributed by atoms with Crippen molar-refractivity contribution < 1.29 is 4.79 Å². The first-order chi connectivity index (χ1) is 9.22. The molecule has 2 heteroatoms. The minimum absolute atomic E-state index is 0.192. The van der Waals surface area contributed by atoms with Crippen LogP contribution in [0.5, 0.6) is 0 Å². The molecule has 98 valence electrons. The first-order valence-electron chi connectivity index (χ1n) is 6.79. The van der Waals surface area contributed by atoms with Crippen molar-refractivity contribution in [2.24, 2.45) is 0 Å². The van der Waals surface area contributed by atoms with Crippen LogP contribution >= 0.6 is 0 Å². The molecule has 0 aliphatic heterocycles. The molecule has 2 aromatic rings. The van der Waals surface area contributed by atoms with Gasteiger partial charge in [0.2, 0.25) is 0 Å². The summed E-state index contributed by atoms with van der Waals surface area (Å²) in [6.07, 6.45) is 4.31. The van der Waals surface area contributed by atoms with Crippen molar-refractivity contribution in [3.63, 3.8) is 0 Å². The molecule has 0 saturated carbocycles. The normalized spacial score (nSPS) is 10.4. The molecule has 0 bridgehead atoms. The van der Waals surface area contributed by atoms with E-state index < -0.39 is 0 Å². The topological polar surface area (TPSA) is 30.0 Å². The van der Waals surface area contributed by atoms with Crippen LogP contribution in [0.2, 0.25) is 0 Å². The van der Waals surface area contributed by atoms with Crippen LogP contribution in [0.4, 0.5) is 0 Å². The Bertz CT molecular complexity index is 540. The highest BCUT2D eigenvalue weighted by Gasteiger charge is 2.03. The van der Waals surface area contributed by atoms with Crippen LogP contribution in [0.25, 0.3) is 0 Å². The molecule has 0 atom stereocenters. The lowest BCUT2D eigenvalue weighted by molar-refractivity contribution is 0.0988. The number of nitrogens with zero attached hydrogens (tertiary/aromatic N) is 1. The number of ketones is 1. The third kappa shape index (κ3) is 3.50. The van der Waals surface area contributed by atoms with E-state index in [1.807, 2.05) is 37.4 Å². The number of hydrogen-bond donors (Lipinski definition) is 0. The predicted molar refractivity (Wildman–Crippen MR) is 77.5 cm³/mol. The highest BCUT2D eigenvalue weighted by atomic mass is 16.1. The Hall–Kier alpha value is -1.96. The summed E-state index contributed by atoms with van der Waals surface area (Å²) in [7, 11) is 0. The van der Waals surface area contributed by atoms with E-state index in [4.69, 9.17) is 0 Å². The van der Waals surface area contributed by atoms with E-state index in [1.165, 1.54) is 11.1 Å². The van der Waals surface area contributed by atoms with Crippen LogP contribution in [-0.2, 0) is 12.8 Å². The van der Waals surface area contributed by atoms with Gasteiger partial charge in [-0.25, -0.2) is 0 Å². The third-order valence-corrected chi connectivity index (χ3v) is 3.28. The lowest BCUT2D eigenvalue weighted by Crippen LogP contribution is -1.97. The Labute approximate surface area is 114 Å². The minimum atomic E-state index is 0.192. The summed E-state index contributed by atoms with van der Waals surface area (Å²) in [6, 6.07) is 12.0. The summed E-state index contributed by atoms with van der Waals surface area (Å²) >= 11 is 0. The van der Waals surface area contributed by atoms with Gasteiger partial charge in [-0.2, -0.15) is 0 Å². The zero-order valence-corrected chi connectivity index (χ0v) is 11.5. The monoisotopic (exact) mass is 253 g/mol. The van der Waals surface area contributed by atoms with Crippen LogP contribution in [-0.4, -0.2) is 10.8 Å². The molecule has 1 aromatic heterocycles. The van der Waals surface area contributed by atoms with Gasteiger partial charge in [0.25, 0.3) is 0 Å². The van der Waals surface area contributed by atoms with E-state index in [1.54, 1.807) is 0 Å². The Morgan fingerprint density at radius 1 is 1.00 bits per heavy atom. The Balaban J connectivity index is 2.08. The molecule has 2 nitrogen and oxygen atoms in total. The summed E-state index contributed by atoms with van der Waals surface area (Å²) in [6.45, 7) is 4.01. The maximum absolute atomic E-state index is 11.5. The maximum Gasteiger partial charge on any atom is 0.162 e. The van der Waals surface area contributed by atoms with Crippen molar-refractivity contribution in [3.8, 4) is 0 Å². The number of carbonyl (C=O) groups is 1. The highest BCUT2D eigenvalue weighted by molar-refractivity contribution is 5.95. The molecule has 0 radical (unpaired) electrons. The van der Waals surface area contributed by atoms with Gasteiger partial charge in [0, 0.05) is 30.3 Å². The first kappa shape index (κ1) is 13.5. The molecule has 1 heterocycles. The fourth-order valence-electron chi connectivity index (χ4n) is 1.99. The van der Waals surface area contributed by atoms with Gasteiger partial charge in [-0.3, -0.25) is 9.78 Å². The number of pyridine rings is 1. The summed E-state index contributed by atoms with van der Waals surface area (Å²) in [5, 5.41) is 0.